The molecule has 0 bridgehead atoms. The number of anilines is 1. The van der Waals surface area contributed by atoms with Gasteiger partial charge in [-0.3, -0.25) is 4.79 Å². The predicted octanol–water partition coefficient (Wildman–Crippen LogP) is 3.71. The number of carbonyl (C=O) groups is 1. The standard InChI is InChI=1S/C22H24F2N4O2/c1-14(23)17-12-19(26-13-25-17)27-9-7-22(8-10-27)21(29)28-18(5-6-20(28)30-22)15-3-2-4-16(24)11-15/h2-4,11-14,18,20H,5-10H2,1H3/t14?,18-,20+/m0/s1. The highest BCUT2D eigenvalue weighted by atomic mass is 19.1. The number of aromatic nitrogens is 2. The summed E-state index contributed by atoms with van der Waals surface area (Å²) in [6.45, 7) is 2.63. The molecular weight excluding hydrogens is 390 g/mol. The molecular formula is C22H24F2N4O2. The third kappa shape index (κ3) is 3.14. The molecule has 3 aliphatic rings. The second-order valence-corrected chi connectivity index (χ2v) is 8.33. The number of nitrogens with zero attached hydrogens (tertiary/aromatic N) is 4. The Labute approximate surface area is 173 Å². The van der Waals surface area contributed by atoms with Crippen LogP contribution in [0, 0.1) is 5.82 Å². The fourth-order valence-electron chi connectivity index (χ4n) is 4.94. The van der Waals surface area contributed by atoms with Gasteiger partial charge in [0.2, 0.25) is 0 Å². The largest absolute Gasteiger partial charge is 0.356 e. The maximum absolute atomic E-state index is 13.7. The second kappa shape index (κ2) is 7.27. The Hall–Kier alpha value is -2.61. The number of hydrogen-bond donors (Lipinski definition) is 0. The van der Waals surface area contributed by atoms with E-state index in [1.165, 1.54) is 25.4 Å². The molecule has 0 saturated carbocycles. The van der Waals surface area contributed by atoms with Crippen molar-refractivity contribution in [3.05, 3.63) is 53.7 Å². The zero-order chi connectivity index (χ0) is 20.9. The average Bonchev–Trinajstić information content (AvgIpc) is 3.27. The van der Waals surface area contributed by atoms with Gasteiger partial charge in [-0.25, -0.2) is 18.7 Å². The van der Waals surface area contributed by atoms with Gasteiger partial charge in [0.25, 0.3) is 5.91 Å². The first kappa shape index (κ1) is 19.4. The van der Waals surface area contributed by atoms with Gasteiger partial charge >= 0.3 is 0 Å². The number of alkyl halides is 1. The third-order valence-electron chi connectivity index (χ3n) is 6.53. The molecule has 0 radical (unpaired) electrons. The molecule has 1 amide bonds. The fraction of sp³-hybridized carbons (Fsp3) is 0.500. The van der Waals surface area contributed by atoms with Gasteiger partial charge in [0.05, 0.1) is 11.7 Å². The minimum absolute atomic E-state index is 0.000307. The molecule has 3 aliphatic heterocycles. The highest BCUT2D eigenvalue weighted by Gasteiger charge is 2.58. The van der Waals surface area contributed by atoms with Crippen LogP contribution in [0.25, 0.3) is 0 Å². The molecule has 1 spiro atoms. The summed E-state index contributed by atoms with van der Waals surface area (Å²) in [6.07, 6.45) is 2.57. The van der Waals surface area contributed by atoms with Gasteiger partial charge in [0.1, 0.15) is 30.4 Å². The number of rotatable bonds is 3. The van der Waals surface area contributed by atoms with E-state index in [9.17, 15) is 13.6 Å². The summed E-state index contributed by atoms with van der Waals surface area (Å²) in [4.78, 5) is 25.5. The van der Waals surface area contributed by atoms with Gasteiger partial charge in [-0.05, 0) is 37.5 Å². The lowest BCUT2D eigenvalue weighted by Crippen LogP contribution is -2.50. The molecule has 6 nitrogen and oxygen atoms in total. The molecule has 8 heteroatoms. The Morgan fingerprint density at radius 2 is 2.00 bits per heavy atom. The van der Waals surface area contributed by atoms with Crippen molar-refractivity contribution < 1.29 is 18.3 Å². The van der Waals surface area contributed by atoms with Crippen LogP contribution in [0.5, 0.6) is 0 Å². The zero-order valence-corrected chi connectivity index (χ0v) is 16.8. The van der Waals surface area contributed by atoms with Gasteiger partial charge < -0.3 is 14.5 Å². The van der Waals surface area contributed by atoms with Gasteiger partial charge in [0, 0.05) is 32.0 Å². The lowest BCUT2D eigenvalue weighted by molar-refractivity contribution is -0.140. The molecule has 1 aromatic carbocycles. The maximum atomic E-state index is 13.7. The second-order valence-electron chi connectivity index (χ2n) is 8.33. The molecule has 3 saturated heterocycles. The van der Waals surface area contributed by atoms with Crippen LogP contribution in [0.15, 0.2) is 36.7 Å². The van der Waals surface area contributed by atoms with Crippen LogP contribution in [0.2, 0.25) is 0 Å². The van der Waals surface area contributed by atoms with E-state index in [1.807, 2.05) is 15.9 Å². The van der Waals surface area contributed by atoms with Crippen molar-refractivity contribution in [1.82, 2.24) is 14.9 Å². The van der Waals surface area contributed by atoms with E-state index < -0.39 is 11.8 Å². The SMILES string of the molecule is CC(F)c1cc(N2CCC3(CC2)O[C@@H]2CC[C@@H](c4cccc(F)c4)N2C3=O)ncn1. The van der Waals surface area contributed by atoms with Crippen molar-refractivity contribution in [1.29, 1.82) is 0 Å². The average molecular weight is 414 g/mol. The van der Waals surface area contributed by atoms with E-state index in [0.717, 1.165) is 18.4 Å². The fourth-order valence-corrected chi connectivity index (χ4v) is 4.94. The van der Waals surface area contributed by atoms with Gasteiger partial charge in [-0.1, -0.05) is 12.1 Å². The van der Waals surface area contributed by atoms with Crippen molar-refractivity contribution in [3.63, 3.8) is 0 Å². The van der Waals surface area contributed by atoms with Gasteiger partial charge in [-0.15, -0.1) is 0 Å². The van der Waals surface area contributed by atoms with Crippen LogP contribution < -0.4 is 4.90 Å². The van der Waals surface area contributed by atoms with Crippen LogP contribution in [0.3, 0.4) is 0 Å². The number of carbonyl (C=O) groups excluding carboxylic acids is 1. The minimum atomic E-state index is -1.16. The molecule has 0 N–H and O–H groups in total. The smallest absolute Gasteiger partial charge is 0.257 e. The highest BCUT2D eigenvalue weighted by Crippen LogP contribution is 2.47. The van der Waals surface area contributed by atoms with E-state index >= 15 is 0 Å². The Kier molecular flexibility index (Phi) is 4.69. The zero-order valence-electron chi connectivity index (χ0n) is 16.8. The summed E-state index contributed by atoms with van der Waals surface area (Å²) >= 11 is 0. The summed E-state index contributed by atoms with van der Waals surface area (Å²) in [5.41, 5.74) is 0.334. The molecule has 30 heavy (non-hydrogen) atoms. The summed E-state index contributed by atoms with van der Waals surface area (Å²) in [5, 5.41) is 0. The summed E-state index contributed by atoms with van der Waals surface area (Å²) in [7, 11) is 0. The van der Waals surface area contributed by atoms with E-state index in [4.69, 9.17) is 4.74 Å². The number of amides is 1. The minimum Gasteiger partial charge on any atom is -0.356 e. The van der Waals surface area contributed by atoms with Crippen molar-refractivity contribution in [2.24, 2.45) is 0 Å². The molecule has 0 aliphatic carbocycles. The van der Waals surface area contributed by atoms with Gasteiger partial charge in [0.15, 0.2) is 5.60 Å². The number of benzene rings is 1. The van der Waals surface area contributed by atoms with E-state index in [-0.39, 0.29) is 24.0 Å². The van der Waals surface area contributed by atoms with Crippen molar-refractivity contribution in [2.75, 3.05) is 18.0 Å². The topological polar surface area (TPSA) is 58.6 Å². The van der Waals surface area contributed by atoms with Crippen LogP contribution >= 0.6 is 0 Å². The van der Waals surface area contributed by atoms with Crippen molar-refractivity contribution in [2.45, 2.75) is 56.6 Å². The quantitative estimate of drug-likeness (QED) is 0.767. The third-order valence-corrected chi connectivity index (χ3v) is 6.53. The monoisotopic (exact) mass is 414 g/mol. The Morgan fingerprint density at radius 1 is 1.20 bits per heavy atom. The van der Waals surface area contributed by atoms with Crippen LogP contribution in [-0.4, -0.2) is 45.7 Å². The van der Waals surface area contributed by atoms with Crippen LogP contribution in [0.1, 0.15) is 56.1 Å². The molecule has 1 unspecified atom stereocenters. The normalized spacial score (nSPS) is 26.3. The molecule has 1 aromatic heterocycles. The number of halogens is 2. The van der Waals surface area contributed by atoms with E-state index in [2.05, 4.69) is 9.97 Å². The summed E-state index contributed by atoms with van der Waals surface area (Å²) in [5.74, 6) is 0.376. The lowest BCUT2D eigenvalue weighted by Gasteiger charge is -2.38. The van der Waals surface area contributed by atoms with Crippen molar-refractivity contribution >= 4 is 11.7 Å². The lowest BCUT2D eigenvalue weighted by atomic mass is 9.89. The maximum Gasteiger partial charge on any atom is 0.257 e. The van der Waals surface area contributed by atoms with Crippen molar-refractivity contribution in [3.8, 4) is 0 Å². The van der Waals surface area contributed by atoms with Gasteiger partial charge in [-0.2, -0.15) is 0 Å². The van der Waals surface area contributed by atoms with Crippen LogP contribution in [-0.2, 0) is 9.53 Å². The Morgan fingerprint density at radius 3 is 2.73 bits per heavy atom. The summed E-state index contributed by atoms with van der Waals surface area (Å²) < 4.78 is 33.6. The number of piperidine rings is 1. The number of ether oxygens (including phenoxy) is 1. The first-order valence-electron chi connectivity index (χ1n) is 10.4. The number of fused-ring (bicyclic) bond motifs is 1. The first-order chi connectivity index (χ1) is 14.5. The first-order valence-corrected chi connectivity index (χ1v) is 10.4. The van der Waals surface area contributed by atoms with E-state index in [0.29, 0.717) is 37.4 Å². The number of hydrogen-bond acceptors (Lipinski definition) is 5. The Balaban J connectivity index is 1.32. The highest BCUT2D eigenvalue weighted by molar-refractivity contribution is 5.88. The Bertz CT molecular complexity index is 962. The molecule has 3 fully saturated rings. The molecule has 4 heterocycles. The van der Waals surface area contributed by atoms with E-state index in [1.54, 1.807) is 12.1 Å². The van der Waals surface area contributed by atoms with Crippen LogP contribution in [0.4, 0.5) is 14.6 Å². The summed E-state index contributed by atoms with van der Waals surface area (Å²) in [6, 6.07) is 7.99. The molecule has 5 rings (SSSR count). The molecule has 3 atom stereocenters. The predicted molar refractivity (Wildman–Crippen MR) is 106 cm³/mol. The molecule has 2 aromatic rings. The molecule has 158 valence electrons.